The first-order chi connectivity index (χ1) is 7.27. The highest BCUT2D eigenvalue weighted by atomic mass is 16.5. The summed E-state index contributed by atoms with van der Waals surface area (Å²) in [4.78, 5) is 24.9. The highest BCUT2D eigenvalue weighted by molar-refractivity contribution is 6.11. The van der Waals surface area contributed by atoms with Crippen LogP contribution in [0.25, 0.3) is 0 Å². The van der Waals surface area contributed by atoms with Crippen LogP contribution in [-0.2, 0) is 4.79 Å². The van der Waals surface area contributed by atoms with Gasteiger partial charge < -0.3 is 9.64 Å². The summed E-state index contributed by atoms with van der Waals surface area (Å²) >= 11 is 0. The van der Waals surface area contributed by atoms with Crippen molar-refractivity contribution in [2.45, 2.75) is 6.42 Å². The van der Waals surface area contributed by atoms with E-state index in [1.54, 1.807) is 23.1 Å². The predicted octanol–water partition coefficient (Wildman–Crippen LogP) is 0.998. The van der Waals surface area contributed by atoms with Crippen molar-refractivity contribution in [3.63, 3.8) is 0 Å². The average Bonchev–Trinajstić information content (AvgIpc) is 2.26. The van der Waals surface area contributed by atoms with Gasteiger partial charge in [-0.15, -0.1) is 0 Å². The summed E-state index contributed by atoms with van der Waals surface area (Å²) in [6, 6.07) is 5.32. The minimum absolute atomic E-state index is 0.0672. The first-order valence-electron chi connectivity index (χ1n) is 4.87. The monoisotopic (exact) mass is 203 g/mol. The van der Waals surface area contributed by atoms with Crippen molar-refractivity contribution in [1.29, 1.82) is 0 Å². The van der Waals surface area contributed by atoms with Crippen LogP contribution in [0, 0.1) is 0 Å². The Kier molecular flexibility index (Phi) is 1.59. The Morgan fingerprint density at radius 3 is 3.00 bits per heavy atom. The minimum atomic E-state index is -0.0672. The molecule has 2 heterocycles. The number of nitrogens with zero attached hydrogens (tertiary/aromatic N) is 1. The van der Waals surface area contributed by atoms with E-state index in [0.29, 0.717) is 30.0 Å². The Balaban J connectivity index is 2.26. The van der Waals surface area contributed by atoms with Crippen LogP contribution in [0.5, 0.6) is 5.75 Å². The molecule has 0 radical (unpaired) electrons. The van der Waals surface area contributed by atoms with Crippen molar-refractivity contribution >= 4 is 17.4 Å². The van der Waals surface area contributed by atoms with Crippen molar-refractivity contribution < 1.29 is 14.3 Å². The molecule has 0 unspecified atom stereocenters. The smallest absolute Gasteiger partial charge is 0.265 e. The first-order valence-corrected chi connectivity index (χ1v) is 4.87. The van der Waals surface area contributed by atoms with E-state index in [0.717, 1.165) is 0 Å². The summed E-state index contributed by atoms with van der Waals surface area (Å²) in [5.41, 5.74) is 1.26. The largest absolute Gasteiger partial charge is 0.482 e. The fourth-order valence-corrected chi connectivity index (χ4v) is 2.07. The molecule has 1 aromatic rings. The van der Waals surface area contributed by atoms with Gasteiger partial charge in [0.05, 0.1) is 5.69 Å². The molecule has 0 aromatic heterocycles. The zero-order valence-corrected chi connectivity index (χ0v) is 8.03. The maximum absolute atomic E-state index is 11.6. The lowest BCUT2D eigenvalue weighted by Gasteiger charge is -2.33. The van der Waals surface area contributed by atoms with Crippen molar-refractivity contribution in [3.05, 3.63) is 23.8 Å². The van der Waals surface area contributed by atoms with E-state index in [-0.39, 0.29) is 18.3 Å². The summed E-state index contributed by atoms with van der Waals surface area (Å²) in [6.45, 7) is 0.551. The molecule has 0 saturated carbocycles. The summed E-state index contributed by atoms with van der Waals surface area (Å²) < 4.78 is 5.29. The molecule has 2 aliphatic rings. The van der Waals surface area contributed by atoms with Gasteiger partial charge in [0, 0.05) is 18.5 Å². The van der Waals surface area contributed by atoms with Gasteiger partial charge in [-0.2, -0.15) is 0 Å². The van der Waals surface area contributed by atoms with Crippen LogP contribution in [-0.4, -0.2) is 24.8 Å². The van der Waals surface area contributed by atoms with E-state index in [2.05, 4.69) is 0 Å². The molecule has 0 atom stereocenters. The van der Waals surface area contributed by atoms with Gasteiger partial charge in [0.15, 0.2) is 12.4 Å². The van der Waals surface area contributed by atoms with Gasteiger partial charge in [0.2, 0.25) is 0 Å². The highest BCUT2D eigenvalue weighted by Gasteiger charge is 2.33. The molecule has 0 spiro atoms. The lowest BCUT2D eigenvalue weighted by atomic mass is 9.99. The number of carbonyl (C=O) groups is 2. The number of Topliss-reactive ketones (excluding diaryl/α,β-unsaturated/α-hetero) is 1. The molecule has 4 nitrogen and oxygen atoms in total. The number of rotatable bonds is 0. The lowest BCUT2D eigenvalue weighted by molar-refractivity contribution is -0.121. The Labute approximate surface area is 86.4 Å². The van der Waals surface area contributed by atoms with Crippen molar-refractivity contribution in [2.24, 2.45) is 0 Å². The Morgan fingerprint density at radius 2 is 2.13 bits per heavy atom. The number of ether oxygens (including phenoxy) is 1. The molecule has 4 heteroatoms. The number of benzene rings is 1. The van der Waals surface area contributed by atoms with Crippen molar-refractivity contribution in [2.75, 3.05) is 18.1 Å². The van der Waals surface area contributed by atoms with E-state index in [9.17, 15) is 9.59 Å². The molecular formula is C11H9NO3. The molecule has 0 N–H and O–H groups in total. The molecule has 3 rings (SSSR count). The molecule has 0 bridgehead atoms. The first kappa shape index (κ1) is 8.47. The molecule has 2 aliphatic heterocycles. The van der Waals surface area contributed by atoms with Gasteiger partial charge in [-0.3, -0.25) is 9.59 Å². The van der Waals surface area contributed by atoms with E-state index in [1.165, 1.54) is 0 Å². The second-order valence-electron chi connectivity index (χ2n) is 3.66. The quantitative estimate of drug-likeness (QED) is 0.632. The van der Waals surface area contributed by atoms with Crippen LogP contribution < -0.4 is 9.64 Å². The Bertz CT molecular complexity index is 467. The number of anilines is 1. The molecule has 0 aliphatic carbocycles. The average molecular weight is 203 g/mol. The maximum Gasteiger partial charge on any atom is 0.265 e. The van der Waals surface area contributed by atoms with E-state index in [1.807, 2.05) is 0 Å². The third-order valence-corrected chi connectivity index (χ3v) is 2.78. The summed E-state index contributed by atoms with van der Waals surface area (Å²) in [6.07, 6.45) is 0.405. The van der Waals surface area contributed by atoms with Gasteiger partial charge in [-0.1, -0.05) is 6.07 Å². The number of hydrogen-bond acceptors (Lipinski definition) is 3. The van der Waals surface area contributed by atoms with Gasteiger partial charge in [0.25, 0.3) is 5.91 Å². The number of carbonyl (C=O) groups excluding carboxylic acids is 2. The topological polar surface area (TPSA) is 46.6 Å². The summed E-state index contributed by atoms with van der Waals surface area (Å²) in [7, 11) is 0. The lowest BCUT2D eigenvalue weighted by Crippen LogP contribution is -2.43. The fourth-order valence-electron chi connectivity index (χ4n) is 2.07. The van der Waals surface area contributed by atoms with Gasteiger partial charge in [-0.05, 0) is 12.1 Å². The van der Waals surface area contributed by atoms with Gasteiger partial charge in [0.1, 0.15) is 5.75 Å². The summed E-state index contributed by atoms with van der Waals surface area (Å²) in [5, 5.41) is 0. The van der Waals surface area contributed by atoms with E-state index in [4.69, 9.17) is 4.74 Å². The molecule has 0 saturated heterocycles. The number of para-hydroxylation sites is 1. The minimum Gasteiger partial charge on any atom is -0.482 e. The molecule has 15 heavy (non-hydrogen) atoms. The zero-order valence-electron chi connectivity index (χ0n) is 8.03. The number of hydrogen-bond donors (Lipinski definition) is 0. The standard InChI is InChI=1S/C11H9NO3/c13-8-4-5-12-10(14)6-15-9-3-1-2-7(8)11(9)12/h1-3H,4-6H2. The van der Waals surface area contributed by atoms with Crippen LogP contribution in [0.1, 0.15) is 16.8 Å². The van der Waals surface area contributed by atoms with Crippen molar-refractivity contribution in [3.8, 4) is 5.75 Å². The fraction of sp³-hybridized carbons (Fsp3) is 0.273. The highest BCUT2D eigenvalue weighted by Crippen LogP contribution is 2.38. The predicted molar refractivity (Wildman–Crippen MR) is 53.2 cm³/mol. The van der Waals surface area contributed by atoms with Gasteiger partial charge in [-0.25, -0.2) is 0 Å². The maximum atomic E-state index is 11.6. The van der Waals surface area contributed by atoms with Crippen molar-refractivity contribution in [1.82, 2.24) is 0 Å². The van der Waals surface area contributed by atoms with Crippen LogP contribution in [0.3, 0.4) is 0 Å². The third kappa shape index (κ3) is 1.08. The Morgan fingerprint density at radius 1 is 1.27 bits per heavy atom. The normalized spacial score (nSPS) is 18.5. The molecule has 1 amide bonds. The molecular weight excluding hydrogens is 194 g/mol. The van der Waals surface area contributed by atoms with Crippen LogP contribution in [0.15, 0.2) is 18.2 Å². The summed E-state index contributed by atoms with van der Waals surface area (Å²) in [5.74, 6) is 0.656. The van der Waals surface area contributed by atoms with E-state index < -0.39 is 0 Å². The third-order valence-electron chi connectivity index (χ3n) is 2.78. The van der Waals surface area contributed by atoms with Gasteiger partial charge >= 0.3 is 0 Å². The Hall–Kier alpha value is -1.84. The second kappa shape index (κ2) is 2.82. The number of amides is 1. The molecule has 1 aromatic carbocycles. The van der Waals surface area contributed by atoms with Crippen LogP contribution >= 0.6 is 0 Å². The van der Waals surface area contributed by atoms with Crippen LogP contribution in [0.4, 0.5) is 5.69 Å². The zero-order chi connectivity index (χ0) is 10.4. The van der Waals surface area contributed by atoms with E-state index >= 15 is 0 Å². The SMILES string of the molecule is O=C1CCN2C(=O)COc3cccc1c32. The second-order valence-corrected chi connectivity index (χ2v) is 3.66. The van der Waals surface area contributed by atoms with Crippen LogP contribution in [0.2, 0.25) is 0 Å². The number of ketones is 1. The molecule has 0 fully saturated rings. The molecule has 76 valence electrons.